The molecule has 0 radical (unpaired) electrons. The van der Waals surface area contributed by atoms with Crippen molar-refractivity contribution in [2.45, 2.75) is 57.3 Å². The van der Waals surface area contributed by atoms with Crippen molar-refractivity contribution in [1.29, 1.82) is 0 Å². The topological polar surface area (TPSA) is 79.5 Å². The second-order valence-electron chi connectivity index (χ2n) is 8.88. The first-order chi connectivity index (χ1) is 13.4. The van der Waals surface area contributed by atoms with Gasteiger partial charge in [-0.25, -0.2) is 0 Å². The fourth-order valence-corrected chi connectivity index (χ4v) is 5.21. The lowest BCUT2D eigenvalue weighted by atomic mass is 9.80. The lowest BCUT2D eigenvalue weighted by Crippen LogP contribution is -2.44. The van der Waals surface area contributed by atoms with Gasteiger partial charge in [-0.3, -0.25) is 9.59 Å². The van der Waals surface area contributed by atoms with E-state index in [2.05, 4.69) is 25.6 Å². The number of nitrogens with zero attached hydrogens (tertiary/aromatic N) is 4. The molecule has 1 aromatic heterocycles. The maximum atomic E-state index is 13.2. The van der Waals surface area contributed by atoms with Gasteiger partial charge in [0.2, 0.25) is 17.7 Å². The van der Waals surface area contributed by atoms with Crippen LogP contribution in [0, 0.1) is 11.8 Å². The molecule has 3 aliphatic rings. The summed E-state index contributed by atoms with van der Waals surface area (Å²) in [5.41, 5.74) is -0.171. The van der Waals surface area contributed by atoms with Crippen LogP contribution in [0.1, 0.15) is 63.6 Å². The molecule has 2 amide bonds. The van der Waals surface area contributed by atoms with Gasteiger partial charge >= 0.3 is 0 Å². The molecule has 2 aliphatic heterocycles. The Hall–Kier alpha value is -2.18. The third kappa shape index (κ3) is 3.14. The Morgan fingerprint density at radius 1 is 1.25 bits per heavy atom. The summed E-state index contributed by atoms with van der Waals surface area (Å²) in [6, 6.07) is 0. The van der Waals surface area contributed by atoms with Gasteiger partial charge in [-0.1, -0.05) is 32.0 Å². The number of likely N-dealkylation sites (tertiary alicyclic amines) is 2. The van der Waals surface area contributed by atoms with Gasteiger partial charge in [0, 0.05) is 38.0 Å². The van der Waals surface area contributed by atoms with Crippen molar-refractivity contribution >= 4 is 11.8 Å². The molecule has 1 aromatic rings. The van der Waals surface area contributed by atoms with Crippen LogP contribution in [0.4, 0.5) is 0 Å². The van der Waals surface area contributed by atoms with Crippen LogP contribution in [0.5, 0.6) is 0 Å². The molecule has 2 atom stereocenters. The highest BCUT2D eigenvalue weighted by Gasteiger charge is 2.55. The largest absolute Gasteiger partial charge is 0.341 e. The lowest BCUT2D eigenvalue weighted by molar-refractivity contribution is -0.138. The van der Waals surface area contributed by atoms with Crippen molar-refractivity contribution in [2.75, 3.05) is 26.2 Å². The molecular formula is C21H30N4O3. The summed E-state index contributed by atoms with van der Waals surface area (Å²) < 4.78 is 5.69. The van der Waals surface area contributed by atoms with E-state index in [-0.39, 0.29) is 29.1 Å². The number of aromatic nitrogens is 2. The fourth-order valence-electron chi connectivity index (χ4n) is 5.21. The highest BCUT2D eigenvalue weighted by atomic mass is 16.5. The Labute approximate surface area is 166 Å². The number of piperidine rings is 1. The summed E-state index contributed by atoms with van der Waals surface area (Å²) in [4.78, 5) is 33.5. The van der Waals surface area contributed by atoms with Crippen LogP contribution in [0.2, 0.25) is 0 Å². The Morgan fingerprint density at radius 2 is 2.00 bits per heavy atom. The van der Waals surface area contributed by atoms with Gasteiger partial charge in [0.05, 0.1) is 5.41 Å². The molecule has 1 saturated carbocycles. The zero-order valence-electron chi connectivity index (χ0n) is 16.9. The summed E-state index contributed by atoms with van der Waals surface area (Å²) in [5, 5.41) is 4.17. The second-order valence-corrected chi connectivity index (χ2v) is 8.88. The van der Waals surface area contributed by atoms with E-state index in [9.17, 15) is 9.59 Å². The average molecular weight is 386 g/mol. The minimum atomic E-state index is -0.171. The van der Waals surface area contributed by atoms with E-state index in [0.29, 0.717) is 25.6 Å². The third-order valence-electron chi connectivity index (χ3n) is 6.90. The Balaban J connectivity index is 1.45. The van der Waals surface area contributed by atoms with Crippen LogP contribution < -0.4 is 0 Å². The summed E-state index contributed by atoms with van der Waals surface area (Å²) >= 11 is 0. The van der Waals surface area contributed by atoms with Crippen LogP contribution >= 0.6 is 0 Å². The van der Waals surface area contributed by atoms with Gasteiger partial charge < -0.3 is 14.3 Å². The molecule has 0 aromatic carbocycles. The standard InChI is InChI=1S/C21H30N4O3/c1-4-17(26)24-10-7-15(8-11-24)19(27)25-12-16-6-5-9-21(16,13-25)20-22-18(14(2)3)23-28-20/h4,14-16H,1,5-13H2,2-3H3/t16-,21-/m0/s1. The van der Waals surface area contributed by atoms with Crippen LogP contribution in [0.3, 0.4) is 0 Å². The van der Waals surface area contributed by atoms with E-state index in [1.807, 2.05) is 4.90 Å². The molecule has 0 N–H and O–H groups in total. The lowest BCUT2D eigenvalue weighted by Gasteiger charge is -2.33. The maximum Gasteiger partial charge on any atom is 0.245 e. The smallest absolute Gasteiger partial charge is 0.245 e. The number of carbonyl (C=O) groups excluding carboxylic acids is 2. The van der Waals surface area contributed by atoms with Gasteiger partial charge in [0.25, 0.3) is 0 Å². The second kappa shape index (κ2) is 7.33. The predicted octanol–water partition coefficient (Wildman–Crippen LogP) is 2.50. The minimum absolute atomic E-state index is 0.00125. The van der Waals surface area contributed by atoms with Gasteiger partial charge in [-0.15, -0.1) is 0 Å². The van der Waals surface area contributed by atoms with Crippen LogP contribution in [0.15, 0.2) is 17.2 Å². The molecule has 0 spiro atoms. The van der Waals surface area contributed by atoms with Gasteiger partial charge in [0.15, 0.2) is 5.82 Å². The monoisotopic (exact) mass is 386 g/mol. The Morgan fingerprint density at radius 3 is 2.64 bits per heavy atom. The van der Waals surface area contributed by atoms with Crippen molar-refractivity contribution < 1.29 is 14.1 Å². The molecule has 1 aliphatic carbocycles. The van der Waals surface area contributed by atoms with Gasteiger partial charge in [0.1, 0.15) is 0 Å². The van der Waals surface area contributed by atoms with Crippen molar-refractivity contribution in [1.82, 2.24) is 19.9 Å². The zero-order chi connectivity index (χ0) is 19.9. The summed E-state index contributed by atoms with van der Waals surface area (Å²) in [6.45, 7) is 10.4. The van der Waals surface area contributed by atoms with E-state index < -0.39 is 0 Å². The van der Waals surface area contributed by atoms with Crippen LogP contribution in [-0.4, -0.2) is 57.9 Å². The molecule has 3 heterocycles. The van der Waals surface area contributed by atoms with E-state index in [1.54, 1.807) is 4.90 Å². The van der Waals surface area contributed by atoms with Crippen molar-refractivity contribution in [3.8, 4) is 0 Å². The van der Waals surface area contributed by atoms with Gasteiger partial charge in [-0.05, 0) is 37.7 Å². The number of amides is 2. The summed E-state index contributed by atoms with van der Waals surface area (Å²) in [6.07, 6.45) is 6.07. The first kappa shape index (κ1) is 19.2. The highest BCUT2D eigenvalue weighted by Crippen LogP contribution is 2.50. The van der Waals surface area contributed by atoms with E-state index in [0.717, 1.165) is 50.4 Å². The normalized spacial score (nSPS) is 28.0. The number of rotatable bonds is 4. The molecule has 7 heteroatoms. The van der Waals surface area contributed by atoms with E-state index >= 15 is 0 Å². The predicted molar refractivity (Wildman–Crippen MR) is 103 cm³/mol. The number of carbonyl (C=O) groups is 2. The third-order valence-corrected chi connectivity index (χ3v) is 6.90. The molecule has 2 saturated heterocycles. The average Bonchev–Trinajstić information content (AvgIpc) is 3.40. The first-order valence-electron chi connectivity index (χ1n) is 10.5. The maximum absolute atomic E-state index is 13.2. The van der Waals surface area contributed by atoms with Crippen LogP contribution in [-0.2, 0) is 15.0 Å². The first-order valence-corrected chi connectivity index (χ1v) is 10.5. The molecule has 0 bridgehead atoms. The molecule has 7 nitrogen and oxygen atoms in total. The Bertz CT molecular complexity index is 765. The summed E-state index contributed by atoms with van der Waals surface area (Å²) in [5.74, 6) is 2.29. The highest BCUT2D eigenvalue weighted by molar-refractivity contribution is 5.87. The number of hydrogen-bond acceptors (Lipinski definition) is 5. The van der Waals surface area contributed by atoms with Crippen molar-refractivity contribution in [3.05, 3.63) is 24.4 Å². The van der Waals surface area contributed by atoms with E-state index in [4.69, 9.17) is 9.51 Å². The molecule has 4 rings (SSSR count). The van der Waals surface area contributed by atoms with Crippen molar-refractivity contribution in [2.24, 2.45) is 11.8 Å². The molecule has 0 unspecified atom stereocenters. The van der Waals surface area contributed by atoms with Crippen molar-refractivity contribution in [3.63, 3.8) is 0 Å². The molecule has 3 fully saturated rings. The number of hydrogen-bond donors (Lipinski definition) is 0. The van der Waals surface area contributed by atoms with Gasteiger partial charge in [-0.2, -0.15) is 4.98 Å². The Kier molecular flexibility index (Phi) is 5.02. The quantitative estimate of drug-likeness (QED) is 0.743. The molecule has 28 heavy (non-hydrogen) atoms. The molecule has 152 valence electrons. The zero-order valence-corrected chi connectivity index (χ0v) is 16.9. The number of fused-ring (bicyclic) bond motifs is 1. The molecular weight excluding hydrogens is 356 g/mol. The SMILES string of the molecule is C=CC(=O)N1CCC(C(=O)N2C[C@@H]3CCC[C@]3(c3nc(C(C)C)no3)C2)CC1. The summed E-state index contributed by atoms with van der Waals surface area (Å²) in [7, 11) is 0. The van der Waals surface area contributed by atoms with E-state index in [1.165, 1.54) is 6.08 Å². The van der Waals surface area contributed by atoms with Crippen LogP contribution in [0.25, 0.3) is 0 Å². The fraction of sp³-hybridized carbons (Fsp3) is 0.714. The minimum Gasteiger partial charge on any atom is -0.341 e.